The first-order valence-corrected chi connectivity index (χ1v) is 12.5. The van der Waals surface area contributed by atoms with E-state index in [0.29, 0.717) is 49.8 Å². The smallest absolute Gasteiger partial charge is 0.295 e. The van der Waals surface area contributed by atoms with E-state index in [1.165, 1.54) is 0 Å². The molecular weight excluding hydrogens is 470 g/mol. The Morgan fingerprint density at radius 2 is 1.76 bits per heavy atom. The van der Waals surface area contributed by atoms with Gasteiger partial charge in [0.05, 0.1) is 17.9 Å². The lowest BCUT2D eigenvalue weighted by Crippen LogP contribution is -2.31. The second-order valence-corrected chi connectivity index (χ2v) is 10.4. The van der Waals surface area contributed by atoms with Gasteiger partial charge >= 0.3 is 0 Å². The number of rotatable bonds is 6. The first-order valence-electron chi connectivity index (χ1n) is 12.5. The van der Waals surface area contributed by atoms with Crippen LogP contribution >= 0.6 is 0 Å². The summed E-state index contributed by atoms with van der Waals surface area (Å²) in [6.07, 6.45) is 5.91. The van der Waals surface area contributed by atoms with Gasteiger partial charge in [0.25, 0.3) is 11.7 Å². The molecule has 2 aliphatic heterocycles. The minimum atomic E-state index is -0.704. The summed E-state index contributed by atoms with van der Waals surface area (Å²) in [5, 5.41) is 11.4. The first kappa shape index (κ1) is 24.6. The zero-order valence-electron chi connectivity index (χ0n) is 21.3. The molecule has 0 radical (unpaired) electrons. The van der Waals surface area contributed by atoms with Crippen LogP contribution in [0.3, 0.4) is 0 Å². The molecule has 192 valence electrons. The van der Waals surface area contributed by atoms with E-state index in [4.69, 9.17) is 9.47 Å². The molecule has 1 aromatic heterocycles. The maximum Gasteiger partial charge on any atom is 0.295 e. The van der Waals surface area contributed by atoms with Gasteiger partial charge in [-0.3, -0.25) is 9.59 Å². The van der Waals surface area contributed by atoms with Crippen LogP contribution in [0.1, 0.15) is 49.9 Å². The number of amides is 1. The van der Waals surface area contributed by atoms with E-state index >= 15 is 0 Å². The molecule has 1 fully saturated rings. The highest BCUT2D eigenvalue weighted by Crippen LogP contribution is 2.41. The van der Waals surface area contributed by atoms with Gasteiger partial charge in [-0.25, -0.2) is 4.98 Å². The molecule has 0 saturated carbocycles. The Balaban J connectivity index is 1.54. The van der Waals surface area contributed by atoms with Crippen molar-refractivity contribution < 1.29 is 24.2 Å². The van der Waals surface area contributed by atoms with Crippen molar-refractivity contribution in [1.29, 1.82) is 0 Å². The van der Waals surface area contributed by atoms with E-state index in [-0.39, 0.29) is 16.7 Å². The van der Waals surface area contributed by atoms with Gasteiger partial charge in [-0.15, -0.1) is 0 Å². The number of Topliss-reactive ketones (excluding diaryl/α,β-unsaturated/α-hetero) is 1. The van der Waals surface area contributed by atoms with Gasteiger partial charge in [0.2, 0.25) is 0 Å². The number of benzene rings is 2. The first-order chi connectivity index (χ1) is 17.7. The minimum Gasteiger partial charge on any atom is -0.507 e. The molecule has 8 heteroatoms. The monoisotopic (exact) mass is 501 g/mol. The summed E-state index contributed by atoms with van der Waals surface area (Å²) in [5.74, 6) is -0.458. The Labute approximate surface area is 216 Å². The Morgan fingerprint density at radius 1 is 1.03 bits per heavy atom. The molecule has 1 atom stereocenters. The number of carbonyl (C=O) groups excluding carboxylic acids is 2. The second kappa shape index (κ2) is 9.76. The van der Waals surface area contributed by atoms with Crippen molar-refractivity contribution in [2.45, 2.75) is 45.2 Å². The van der Waals surface area contributed by atoms with Gasteiger partial charge in [-0.1, -0.05) is 45.0 Å². The average molecular weight is 502 g/mol. The van der Waals surface area contributed by atoms with Crippen molar-refractivity contribution in [1.82, 2.24) is 14.5 Å². The van der Waals surface area contributed by atoms with E-state index in [2.05, 4.69) is 25.8 Å². The average Bonchev–Trinajstić information content (AvgIpc) is 3.50. The van der Waals surface area contributed by atoms with E-state index < -0.39 is 17.7 Å². The lowest BCUT2D eigenvalue weighted by atomic mass is 9.85. The number of carbonyl (C=O) groups is 2. The number of ether oxygens (including phenoxy) is 2. The van der Waals surface area contributed by atoms with Gasteiger partial charge in [0.1, 0.15) is 19.0 Å². The SMILES string of the molecule is CC(C)(C)c1ccc([C@H]2/C(=C(\O)c3ccc4c(c3)OCCO4)C(=O)C(=O)N2CCCn2ccnc2)cc1. The Bertz CT molecular complexity index is 1340. The Hall–Kier alpha value is -4.07. The minimum absolute atomic E-state index is 0.0453. The number of nitrogens with zero attached hydrogens (tertiary/aromatic N) is 3. The van der Waals surface area contributed by atoms with Crippen molar-refractivity contribution in [2.75, 3.05) is 19.8 Å². The quantitative estimate of drug-likeness (QED) is 0.304. The molecule has 2 aromatic carbocycles. The number of likely N-dealkylation sites (tertiary alicyclic amines) is 1. The fraction of sp³-hybridized carbons (Fsp3) is 0.345. The molecule has 2 aliphatic rings. The molecule has 0 unspecified atom stereocenters. The molecule has 37 heavy (non-hydrogen) atoms. The van der Waals surface area contributed by atoms with Gasteiger partial charge < -0.3 is 24.0 Å². The lowest BCUT2D eigenvalue weighted by Gasteiger charge is -2.26. The lowest BCUT2D eigenvalue weighted by molar-refractivity contribution is -0.139. The number of aromatic nitrogens is 2. The third kappa shape index (κ3) is 4.83. The van der Waals surface area contributed by atoms with E-state index in [9.17, 15) is 14.7 Å². The molecule has 3 aromatic rings. The summed E-state index contributed by atoms with van der Waals surface area (Å²) in [7, 11) is 0. The predicted octanol–water partition coefficient (Wildman–Crippen LogP) is 4.46. The molecule has 1 saturated heterocycles. The zero-order chi connectivity index (χ0) is 26.2. The van der Waals surface area contributed by atoms with Crippen LogP contribution in [0.25, 0.3) is 5.76 Å². The van der Waals surface area contributed by atoms with E-state index in [1.54, 1.807) is 35.6 Å². The van der Waals surface area contributed by atoms with Gasteiger partial charge in [0, 0.05) is 31.0 Å². The zero-order valence-corrected chi connectivity index (χ0v) is 21.3. The molecular formula is C29H31N3O5. The normalized spacial score (nSPS) is 18.9. The fourth-order valence-electron chi connectivity index (χ4n) is 4.81. The fourth-order valence-corrected chi connectivity index (χ4v) is 4.81. The van der Waals surface area contributed by atoms with Crippen LogP contribution in [0.2, 0.25) is 0 Å². The maximum atomic E-state index is 13.3. The van der Waals surface area contributed by atoms with Crippen LogP contribution < -0.4 is 9.47 Å². The molecule has 8 nitrogen and oxygen atoms in total. The Morgan fingerprint density at radius 3 is 2.43 bits per heavy atom. The third-order valence-electron chi connectivity index (χ3n) is 6.82. The number of hydrogen-bond acceptors (Lipinski definition) is 6. The van der Waals surface area contributed by atoms with Crippen molar-refractivity contribution in [3.8, 4) is 11.5 Å². The number of hydrogen-bond donors (Lipinski definition) is 1. The van der Waals surface area contributed by atoms with Crippen molar-refractivity contribution >= 4 is 17.4 Å². The number of aryl methyl sites for hydroxylation is 1. The maximum absolute atomic E-state index is 13.3. The van der Waals surface area contributed by atoms with E-state index in [0.717, 1.165) is 11.1 Å². The van der Waals surface area contributed by atoms with Crippen molar-refractivity contribution in [2.24, 2.45) is 0 Å². The molecule has 0 bridgehead atoms. The largest absolute Gasteiger partial charge is 0.507 e. The molecule has 0 spiro atoms. The molecule has 1 N–H and O–H groups in total. The summed E-state index contributed by atoms with van der Waals surface area (Å²) in [5.41, 5.74) is 2.34. The number of fused-ring (bicyclic) bond motifs is 1. The molecule has 0 aliphatic carbocycles. The highest BCUT2D eigenvalue weighted by atomic mass is 16.6. The van der Waals surface area contributed by atoms with Crippen LogP contribution in [0, 0.1) is 0 Å². The summed E-state index contributed by atoms with van der Waals surface area (Å²) in [6.45, 7) is 8.25. The van der Waals surface area contributed by atoms with Crippen LogP contribution in [0.5, 0.6) is 11.5 Å². The summed E-state index contributed by atoms with van der Waals surface area (Å²) >= 11 is 0. The third-order valence-corrected chi connectivity index (χ3v) is 6.82. The topological polar surface area (TPSA) is 93.9 Å². The standard InChI is InChI=1S/C29H31N3O5/c1-29(2,3)21-8-5-19(6-9-21)25-24(26(33)20-7-10-22-23(17-20)37-16-15-36-22)27(34)28(35)32(25)13-4-12-31-14-11-30-18-31/h5-11,14,17-18,25,33H,4,12-13,15-16H2,1-3H3/b26-24+/t25-/m0/s1. The van der Waals surface area contributed by atoms with E-state index in [1.807, 2.05) is 35.0 Å². The van der Waals surface area contributed by atoms with Crippen molar-refractivity contribution in [3.63, 3.8) is 0 Å². The molecule has 5 rings (SSSR count). The predicted molar refractivity (Wildman–Crippen MR) is 138 cm³/mol. The Kier molecular flexibility index (Phi) is 6.50. The number of aliphatic hydroxyl groups excluding tert-OH is 1. The van der Waals surface area contributed by atoms with Gasteiger partial charge in [-0.05, 0) is 41.2 Å². The summed E-state index contributed by atoms with van der Waals surface area (Å²) < 4.78 is 13.2. The van der Waals surface area contributed by atoms with Crippen LogP contribution in [-0.4, -0.2) is 51.0 Å². The molecule has 1 amide bonds. The van der Waals surface area contributed by atoms with Gasteiger partial charge in [0.15, 0.2) is 11.5 Å². The number of imidazole rings is 1. The highest BCUT2D eigenvalue weighted by Gasteiger charge is 2.46. The highest BCUT2D eigenvalue weighted by molar-refractivity contribution is 6.46. The summed E-state index contributed by atoms with van der Waals surface area (Å²) in [4.78, 5) is 32.2. The summed E-state index contributed by atoms with van der Waals surface area (Å²) in [6, 6.07) is 12.2. The number of ketones is 1. The van der Waals surface area contributed by atoms with Gasteiger partial charge in [-0.2, -0.15) is 0 Å². The number of aliphatic hydroxyl groups is 1. The van der Waals surface area contributed by atoms with Crippen LogP contribution in [-0.2, 0) is 21.5 Å². The second-order valence-electron chi connectivity index (χ2n) is 10.4. The van der Waals surface area contributed by atoms with Crippen LogP contribution in [0.4, 0.5) is 0 Å². The van der Waals surface area contributed by atoms with Crippen molar-refractivity contribution in [3.05, 3.63) is 83.4 Å². The molecule has 3 heterocycles. The van der Waals surface area contributed by atoms with Crippen LogP contribution in [0.15, 0.2) is 66.8 Å².